The molecule has 178 valence electrons. The number of benzene rings is 1. The molecule has 0 spiro atoms. The summed E-state index contributed by atoms with van der Waals surface area (Å²) in [7, 11) is 1.60. The van der Waals surface area contributed by atoms with Gasteiger partial charge in [0.25, 0.3) is 5.91 Å². The van der Waals surface area contributed by atoms with Crippen LogP contribution in [0.25, 0.3) is 0 Å². The van der Waals surface area contributed by atoms with Crippen molar-refractivity contribution in [2.75, 3.05) is 44.9 Å². The molecule has 3 heterocycles. The van der Waals surface area contributed by atoms with Crippen molar-refractivity contribution >= 4 is 17.7 Å². The van der Waals surface area contributed by atoms with Gasteiger partial charge in [0.2, 0.25) is 5.88 Å². The van der Waals surface area contributed by atoms with Gasteiger partial charge in [-0.05, 0) is 12.1 Å². The van der Waals surface area contributed by atoms with E-state index in [9.17, 15) is 18.0 Å². The highest BCUT2D eigenvalue weighted by atomic mass is 19.4. The van der Waals surface area contributed by atoms with Gasteiger partial charge >= 0.3 is 12.1 Å². The monoisotopic (exact) mass is 468 g/mol. The van der Waals surface area contributed by atoms with Crippen molar-refractivity contribution in [3.63, 3.8) is 0 Å². The van der Waals surface area contributed by atoms with Crippen molar-refractivity contribution in [3.05, 3.63) is 48.3 Å². The maximum Gasteiger partial charge on any atom is 0.490 e. The van der Waals surface area contributed by atoms with E-state index in [2.05, 4.69) is 20.2 Å². The lowest BCUT2D eigenvalue weighted by molar-refractivity contribution is -0.192. The summed E-state index contributed by atoms with van der Waals surface area (Å²) in [5.41, 5.74) is 0.581. The molecule has 4 rings (SSSR count). The Kier molecular flexibility index (Phi) is 7.36. The lowest BCUT2D eigenvalue weighted by atomic mass is 9.81. The molecule has 1 amide bonds. The van der Waals surface area contributed by atoms with Crippen LogP contribution in [0, 0.1) is 11.3 Å². The van der Waals surface area contributed by atoms with E-state index < -0.39 is 12.1 Å². The number of carbonyl (C=O) groups excluding carboxylic acids is 1. The fraction of sp³-hybridized carbons (Fsp3) is 0.429. The minimum atomic E-state index is -5.08. The maximum absolute atomic E-state index is 12.4. The van der Waals surface area contributed by atoms with Gasteiger partial charge in [0.15, 0.2) is 0 Å². The number of aliphatic carboxylic acids is 1. The van der Waals surface area contributed by atoms with Gasteiger partial charge in [0.05, 0.1) is 20.3 Å². The Bertz CT molecular complexity index is 976. The first-order valence-corrected chi connectivity index (χ1v) is 9.97. The first-order valence-electron chi connectivity index (χ1n) is 9.97. The Balaban J connectivity index is 0.000000383. The molecule has 0 aliphatic carbocycles. The van der Waals surface area contributed by atoms with Gasteiger partial charge in [-0.1, -0.05) is 18.2 Å². The summed E-state index contributed by atoms with van der Waals surface area (Å²) in [4.78, 5) is 32.0. The molecule has 1 aromatic heterocycles. The number of fused-ring (bicyclic) bond motifs is 1. The molecular formula is C21H23F3N4O5. The van der Waals surface area contributed by atoms with Crippen LogP contribution in [-0.4, -0.2) is 73.1 Å². The molecule has 2 aliphatic heterocycles. The molecule has 0 radical (unpaired) electrons. The molecule has 0 bridgehead atoms. The van der Waals surface area contributed by atoms with Crippen molar-refractivity contribution in [1.29, 1.82) is 0 Å². The smallest absolute Gasteiger partial charge is 0.481 e. The van der Waals surface area contributed by atoms with Gasteiger partial charge in [-0.2, -0.15) is 13.2 Å². The number of carboxylic acid groups (broad SMARTS) is 1. The molecule has 2 fully saturated rings. The summed E-state index contributed by atoms with van der Waals surface area (Å²) >= 11 is 0. The predicted octanol–water partition coefficient (Wildman–Crippen LogP) is 2.00. The number of carboxylic acids is 1. The number of hydrogen-bond donors (Lipinski definition) is 2. The van der Waals surface area contributed by atoms with Crippen LogP contribution in [-0.2, 0) is 9.53 Å². The molecule has 9 nitrogen and oxygen atoms in total. The van der Waals surface area contributed by atoms with Crippen molar-refractivity contribution in [1.82, 2.24) is 15.3 Å². The van der Waals surface area contributed by atoms with Gasteiger partial charge in [-0.3, -0.25) is 4.79 Å². The number of hydrogen-bond acceptors (Lipinski definition) is 7. The normalized spacial score (nSPS) is 21.6. The van der Waals surface area contributed by atoms with Crippen LogP contribution in [0.4, 0.5) is 19.0 Å². The van der Waals surface area contributed by atoms with Crippen molar-refractivity contribution in [2.24, 2.45) is 11.3 Å². The first kappa shape index (κ1) is 24.2. The van der Waals surface area contributed by atoms with Gasteiger partial charge in [0.1, 0.15) is 12.1 Å². The van der Waals surface area contributed by atoms with E-state index >= 15 is 0 Å². The standard InChI is InChI=1S/C19H22N4O3.C2HF3O2/c1-25-17-7-16(21-13-22-17)23-8-15-9-26-12-19(15,11-23)10-20-18(24)14-5-3-2-4-6-14;3-2(4,5)1(6)7/h2-7,13,15H,8-12H2,1H3,(H,20,24);(H,6,7)/t15-,19+;/m1./s1. The fourth-order valence-corrected chi connectivity index (χ4v) is 3.82. The summed E-state index contributed by atoms with van der Waals surface area (Å²) < 4.78 is 42.7. The number of halogens is 3. The quantitative estimate of drug-likeness (QED) is 0.685. The van der Waals surface area contributed by atoms with Crippen LogP contribution in [0.2, 0.25) is 0 Å². The minimum Gasteiger partial charge on any atom is -0.481 e. The predicted molar refractivity (Wildman–Crippen MR) is 110 cm³/mol. The van der Waals surface area contributed by atoms with E-state index in [0.29, 0.717) is 37.1 Å². The zero-order valence-corrected chi connectivity index (χ0v) is 17.7. The van der Waals surface area contributed by atoms with Crippen LogP contribution in [0.3, 0.4) is 0 Å². The van der Waals surface area contributed by atoms with Crippen molar-refractivity contribution < 1.29 is 37.3 Å². The highest BCUT2D eigenvalue weighted by Crippen LogP contribution is 2.42. The number of ether oxygens (including phenoxy) is 2. The second-order valence-electron chi connectivity index (χ2n) is 7.73. The minimum absolute atomic E-state index is 0.0484. The Morgan fingerprint density at radius 3 is 2.64 bits per heavy atom. The molecule has 2 N–H and O–H groups in total. The molecule has 2 atom stereocenters. The van der Waals surface area contributed by atoms with E-state index in [1.165, 1.54) is 6.33 Å². The highest BCUT2D eigenvalue weighted by Gasteiger charge is 2.51. The van der Waals surface area contributed by atoms with Crippen LogP contribution in [0.15, 0.2) is 42.7 Å². The second-order valence-corrected chi connectivity index (χ2v) is 7.73. The van der Waals surface area contributed by atoms with Crippen LogP contribution in [0.1, 0.15) is 10.4 Å². The number of carbonyl (C=O) groups is 2. The second kappa shape index (κ2) is 10.0. The lowest BCUT2D eigenvalue weighted by Gasteiger charge is -2.27. The third-order valence-electron chi connectivity index (χ3n) is 5.56. The number of anilines is 1. The Labute approximate surface area is 187 Å². The van der Waals surface area contributed by atoms with Crippen LogP contribution < -0.4 is 15.0 Å². The number of nitrogens with zero attached hydrogens (tertiary/aromatic N) is 3. The number of methoxy groups -OCH3 is 1. The summed E-state index contributed by atoms with van der Waals surface area (Å²) in [6, 6.07) is 11.1. The fourth-order valence-electron chi connectivity index (χ4n) is 3.82. The topological polar surface area (TPSA) is 114 Å². The number of rotatable bonds is 5. The van der Waals surface area contributed by atoms with E-state index in [1.807, 2.05) is 36.4 Å². The Morgan fingerprint density at radius 2 is 2.00 bits per heavy atom. The van der Waals surface area contributed by atoms with E-state index in [0.717, 1.165) is 18.9 Å². The average molecular weight is 468 g/mol. The Hall–Kier alpha value is -3.41. The molecule has 33 heavy (non-hydrogen) atoms. The van der Waals surface area contributed by atoms with Gasteiger partial charge in [-0.15, -0.1) is 0 Å². The molecule has 2 saturated heterocycles. The third kappa shape index (κ3) is 5.89. The van der Waals surface area contributed by atoms with Crippen molar-refractivity contribution in [2.45, 2.75) is 6.18 Å². The molecule has 0 unspecified atom stereocenters. The van der Waals surface area contributed by atoms with E-state index in [1.54, 1.807) is 7.11 Å². The number of aromatic nitrogens is 2. The molecular weight excluding hydrogens is 445 g/mol. The zero-order valence-electron chi connectivity index (χ0n) is 17.7. The summed E-state index contributed by atoms with van der Waals surface area (Å²) in [6.45, 7) is 3.57. The third-order valence-corrected chi connectivity index (χ3v) is 5.56. The largest absolute Gasteiger partial charge is 0.490 e. The Morgan fingerprint density at radius 1 is 1.30 bits per heavy atom. The highest BCUT2D eigenvalue weighted by molar-refractivity contribution is 5.94. The number of amides is 1. The van der Waals surface area contributed by atoms with Crippen molar-refractivity contribution in [3.8, 4) is 5.88 Å². The van der Waals surface area contributed by atoms with Gasteiger partial charge < -0.3 is 24.8 Å². The molecule has 2 aromatic rings. The summed E-state index contributed by atoms with van der Waals surface area (Å²) in [5.74, 6) is -1.05. The van der Waals surface area contributed by atoms with Gasteiger partial charge in [-0.25, -0.2) is 14.8 Å². The van der Waals surface area contributed by atoms with Crippen LogP contribution >= 0.6 is 0 Å². The summed E-state index contributed by atoms with van der Waals surface area (Å²) in [5, 5.41) is 10.2. The molecule has 0 saturated carbocycles. The van der Waals surface area contributed by atoms with Crippen LogP contribution in [0.5, 0.6) is 5.88 Å². The average Bonchev–Trinajstić information content (AvgIpc) is 3.35. The van der Waals surface area contributed by atoms with Gasteiger partial charge in [0, 0.05) is 42.6 Å². The molecule has 1 aromatic carbocycles. The SMILES string of the molecule is COc1cc(N2C[C@@H]3COC[C@]3(CNC(=O)c3ccccc3)C2)ncn1.O=C(O)C(F)(F)F. The molecule has 2 aliphatic rings. The summed E-state index contributed by atoms with van der Waals surface area (Å²) in [6.07, 6.45) is -3.57. The number of nitrogens with one attached hydrogen (secondary N) is 1. The maximum atomic E-state index is 12.4. The zero-order chi connectivity index (χ0) is 24.1. The van der Waals surface area contributed by atoms with E-state index in [4.69, 9.17) is 19.4 Å². The lowest BCUT2D eigenvalue weighted by Crippen LogP contribution is -2.43. The number of alkyl halides is 3. The first-order chi connectivity index (χ1) is 15.6. The molecule has 12 heteroatoms. The van der Waals surface area contributed by atoms with E-state index in [-0.39, 0.29) is 11.3 Å².